The van der Waals surface area contributed by atoms with E-state index in [0.717, 1.165) is 6.07 Å². The molecule has 0 bridgehead atoms. The summed E-state index contributed by atoms with van der Waals surface area (Å²) in [7, 11) is -4.84. The van der Waals surface area contributed by atoms with Crippen molar-refractivity contribution < 1.29 is 23.8 Å². The zero-order valence-corrected chi connectivity index (χ0v) is 8.68. The van der Waals surface area contributed by atoms with E-state index >= 15 is 0 Å². The van der Waals surface area contributed by atoms with Crippen molar-refractivity contribution in [1.29, 1.82) is 0 Å². The minimum Gasteiger partial charge on any atom is -0.397 e. The van der Waals surface area contributed by atoms with E-state index in [-0.39, 0.29) is 5.02 Å². The van der Waals surface area contributed by atoms with Gasteiger partial charge in [0.25, 0.3) is 0 Å². The van der Waals surface area contributed by atoms with Gasteiger partial charge in [-0.15, -0.1) is 0 Å². The Morgan fingerprint density at radius 3 is 2.53 bits per heavy atom. The van der Waals surface area contributed by atoms with Crippen LogP contribution in [0.5, 0.6) is 5.75 Å². The maximum absolute atomic E-state index is 10.5. The SMILES string of the molecule is O=[N+]([O-])c1c(Cl)cccc1OP(=O)(O)O. The van der Waals surface area contributed by atoms with E-state index in [1.165, 1.54) is 12.1 Å². The quantitative estimate of drug-likeness (QED) is 0.482. The number of nitro benzene ring substituents is 1. The second kappa shape index (κ2) is 4.16. The van der Waals surface area contributed by atoms with Gasteiger partial charge in [-0.3, -0.25) is 19.9 Å². The summed E-state index contributed by atoms with van der Waals surface area (Å²) in [6.45, 7) is 0. The molecule has 7 nitrogen and oxygen atoms in total. The van der Waals surface area contributed by atoms with Crippen LogP contribution in [0.25, 0.3) is 0 Å². The van der Waals surface area contributed by atoms with Gasteiger partial charge >= 0.3 is 13.5 Å². The van der Waals surface area contributed by atoms with E-state index in [9.17, 15) is 14.7 Å². The highest BCUT2D eigenvalue weighted by molar-refractivity contribution is 7.46. The molecule has 1 aromatic carbocycles. The number of nitrogens with zero attached hydrogens (tertiary/aromatic N) is 1. The Morgan fingerprint density at radius 2 is 2.07 bits per heavy atom. The Morgan fingerprint density at radius 1 is 1.47 bits per heavy atom. The first-order valence-corrected chi connectivity index (χ1v) is 5.40. The van der Waals surface area contributed by atoms with E-state index in [1.807, 2.05) is 0 Å². The van der Waals surface area contributed by atoms with Crippen molar-refractivity contribution in [1.82, 2.24) is 0 Å². The Balaban J connectivity index is 3.24. The van der Waals surface area contributed by atoms with Crippen molar-refractivity contribution in [2.24, 2.45) is 0 Å². The van der Waals surface area contributed by atoms with Gasteiger partial charge in [-0.2, -0.15) is 0 Å². The predicted octanol–water partition coefficient (Wildman–Crippen LogP) is 1.72. The van der Waals surface area contributed by atoms with E-state index in [0.29, 0.717) is 0 Å². The molecule has 1 aromatic rings. The number of phosphoric ester groups is 1. The van der Waals surface area contributed by atoms with Gasteiger partial charge in [0.15, 0.2) is 0 Å². The molecule has 0 saturated heterocycles. The largest absolute Gasteiger partial charge is 0.525 e. The number of hydrogen-bond acceptors (Lipinski definition) is 4. The first-order chi connectivity index (χ1) is 6.81. The lowest BCUT2D eigenvalue weighted by atomic mass is 10.3. The minimum atomic E-state index is -4.84. The standard InChI is InChI=1S/C6H5ClNO6P/c7-4-2-1-3-5(6(4)8(9)10)14-15(11,12)13/h1-3H,(H2,11,12,13). The number of hydrogen-bond donors (Lipinski definition) is 2. The van der Waals surface area contributed by atoms with Crippen molar-refractivity contribution >= 4 is 25.1 Å². The van der Waals surface area contributed by atoms with Crippen LogP contribution >= 0.6 is 19.4 Å². The van der Waals surface area contributed by atoms with Gasteiger partial charge in [0.05, 0.1) is 4.92 Å². The molecule has 0 heterocycles. The summed E-state index contributed by atoms with van der Waals surface area (Å²) >= 11 is 5.48. The van der Waals surface area contributed by atoms with E-state index in [1.54, 1.807) is 0 Å². The molecule has 0 aliphatic carbocycles. The predicted molar refractivity (Wildman–Crippen MR) is 50.8 cm³/mol. The molecule has 0 aromatic heterocycles. The van der Waals surface area contributed by atoms with Gasteiger partial charge in [0.2, 0.25) is 5.75 Å². The van der Waals surface area contributed by atoms with Crippen molar-refractivity contribution in [3.8, 4) is 5.75 Å². The topological polar surface area (TPSA) is 110 Å². The highest BCUT2D eigenvalue weighted by atomic mass is 35.5. The average molecular weight is 254 g/mol. The normalized spacial score (nSPS) is 11.1. The van der Waals surface area contributed by atoms with Gasteiger partial charge in [0, 0.05) is 0 Å². The third-order valence-corrected chi connectivity index (χ3v) is 2.09. The number of para-hydroxylation sites is 1. The minimum absolute atomic E-state index is 0.258. The summed E-state index contributed by atoms with van der Waals surface area (Å²) in [5, 5.41) is 10.3. The molecule has 0 unspecified atom stereocenters. The molecular formula is C6H5ClNO6P. The van der Waals surface area contributed by atoms with Crippen molar-refractivity contribution in [2.75, 3.05) is 0 Å². The highest BCUT2D eigenvalue weighted by Crippen LogP contribution is 2.43. The number of benzene rings is 1. The number of halogens is 1. The van der Waals surface area contributed by atoms with Crippen LogP contribution in [-0.4, -0.2) is 14.7 Å². The molecular weight excluding hydrogens is 248 g/mol. The Bertz CT molecular complexity index is 443. The number of rotatable bonds is 3. The highest BCUT2D eigenvalue weighted by Gasteiger charge is 2.26. The first kappa shape index (κ1) is 11.9. The molecule has 1 rings (SSSR count). The Kier molecular flexibility index (Phi) is 3.31. The maximum Gasteiger partial charge on any atom is 0.525 e. The molecule has 0 aliphatic heterocycles. The average Bonchev–Trinajstić information content (AvgIpc) is 1.99. The second-order valence-corrected chi connectivity index (χ2v) is 4.00. The summed E-state index contributed by atoms with van der Waals surface area (Å²) < 4.78 is 14.6. The van der Waals surface area contributed by atoms with Gasteiger partial charge in [-0.25, -0.2) is 4.57 Å². The van der Waals surface area contributed by atoms with Gasteiger partial charge < -0.3 is 4.52 Å². The summed E-state index contributed by atoms with van der Waals surface area (Å²) in [6, 6.07) is 3.54. The van der Waals surface area contributed by atoms with Crippen LogP contribution in [-0.2, 0) is 4.57 Å². The van der Waals surface area contributed by atoms with Crippen LogP contribution in [0.3, 0.4) is 0 Å². The van der Waals surface area contributed by atoms with Crippen LogP contribution in [0.4, 0.5) is 5.69 Å². The third kappa shape index (κ3) is 3.17. The lowest BCUT2D eigenvalue weighted by Crippen LogP contribution is -1.96. The van der Waals surface area contributed by atoms with E-state index in [2.05, 4.69) is 4.52 Å². The summed E-state index contributed by atoms with van der Waals surface area (Å²) in [4.78, 5) is 26.6. The van der Waals surface area contributed by atoms with E-state index in [4.69, 9.17) is 21.4 Å². The fourth-order valence-electron chi connectivity index (χ4n) is 0.875. The third-order valence-electron chi connectivity index (χ3n) is 1.35. The van der Waals surface area contributed by atoms with Crippen LogP contribution in [0, 0.1) is 10.1 Å². The monoisotopic (exact) mass is 253 g/mol. The molecule has 0 amide bonds. The first-order valence-electron chi connectivity index (χ1n) is 3.49. The summed E-state index contributed by atoms with van der Waals surface area (Å²) in [6.07, 6.45) is 0. The molecule has 0 atom stereocenters. The number of phosphoric acid groups is 1. The number of nitro groups is 1. The zero-order chi connectivity index (χ0) is 11.6. The Hall–Kier alpha value is -1.14. The second-order valence-electron chi connectivity index (χ2n) is 2.43. The lowest BCUT2D eigenvalue weighted by Gasteiger charge is -2.07. The smallest absolute Gasteiger partial charge is 0.397 e. The van der Waals surface area contributed by atoms with Crippen LogP contribution < -0.4 is 4.52 Å². The molecule has 15 heavy (non-hydrogen) atoms. The molecule has 0 spiro atoms. The van der Waals surface area contributed by atoms with Crippen molar-refractivity contribution in [2.45, 2.75) is 0 Å². The van der Waals surface area contributed by atoms with Crippen molar-refractivity contribution in [3.63, 3.8) is 0 Å². The van der Waals surface area contributed by atoms with E-state index < -0.39 is 24.2 Å². The molecule has 82 valence electrons. The fraction of sp³-hybridized carbons (Fsp3) is 0. The molecule has 0 saturated carbocycles. The molecule has 0 radical (unpaired) electrons. The zero-order valence-electron chi connectivity index (χ0n) is 7.03. The molecule has 2 N–H and O–H groups in total. The summed E-state index contributed by atoms with van der Waals surface area (Å²) in [5.74, 6) is -0.569. The molecule has 0 aliphatic rings. The fourth-order valence-corrected chi connectivity index (χ4v) is 1.51. The van der Waals surface area contributed by atoms with Gasteiger partial charge in [-0.1, -0.05) is 17.7 Å². The lowest BCUT2D eigenvalue weighted by molar-refractivity contribution is -0.385. The van der Waals surface area contributed by atoms with Crippen molar-refractivity contribution in [3.05, 3.63) is 33.3 Å². The Labute approximate surface area is 88.6 Å². The van der Waals surface area contributed by atoms with Crippen LogP contribution in [0.2, 0.25) is 5.02 Å². The summed E-state index contributed by atoms with van der Waals surface area (Å²) in [5.41, 5.74) is -0.678. The molecule has 0 fully saturated rings. The van der Waals surface area contributed by atoms with Gasteiger partial charge in [0.1, 0.15) is 5.02 Å². The molecule has 9 heteroatoms. The van der Waals surface area contributed by atoms with Crippen LogP contribution in [0.1, 0.15) is 0 Å². The van der Waals surface area contributed by atoms with Crippen LogP contribution in [0.15, 0.2) is 18.2 Å². The van der Waals surface area contributed by atoms with Gasteiger partial charge in [-0.05, 0) is 12.1 Å². The maximum atomic E-state index is 10.5.